The van der Waals surface area contributed by atoms with Gasteiger partial charge in [-0.1, -0.05) is 38.1 Å². The van der Waals surface area contributed by atoms with Gasteiger partial charge in [0, 0.05) is 19.4 Å². The molecule has 5 atom stereocenters. The molecule has 2 heterocycles. The number of hydrogen-bond donors (Lipinski definition) is 0. The summed E-state index contributed by atoms with van der Waals surface area (Å²) in [6, 6.07) is 8.03. The summed E-state index contributed by atoms with van der Waals surface area (Å²) in [6.45, 7) is 7.94. The maximum atomic E-state index is 6.58. The van der Waals surface area contributed by atoms with Crippen molar-refractivity contribution in [3.63, 3.8) is 0 Å². The van der Waals surface area contributed by atoms with Gasteiger partial charge >= 0.3 is 0 Å². The van der Waals surface area contributed by atoms with Crippen LogP contribution in [0, 0.1) is 11.8 Å². The van der Waals surface area contributed by atoms with E-state index >= 15 is 0 Å². The van der Waals surface area contributed by atoms with Gasteiger partial charge in [0.2, 0.25) is 0 Å². The monoisotopic (exact) mass is 388 g/mol. The SMILES string of the molecule is C/C=C/[C@H]1O[C@]2(CC[C@@H]1C)CC[C@H](C)[C@@H](CCOCc1ccc(OC)cc1)O2. The van der Waals surface area contributed by atoms with Crippen LogP contribution in [0.2, 0.25) is 0 Å². The van der Waals surface area contributed by atoms with Crippen molar-refractivity contribution >= 4 is 0 Å². The summed E-state index contributed by atoms with van der Waals surface area (Å²) >= 11 is 0. The zero-order chi connectivity index (χ0) is 20.0. The molecule has 2 fully saturated rings. The molecule has 4 heteroatoms. The van der Waals surface area contributed by atoms with Crippen LogP contribution in [0.15, 0.2) is 36.4 Å². The molecule has 0 N–H and O–H groups in total. The lowest BCUT2D eigenvalue weighted by Gasteiger charge is -2.49. The van der Waals surface area contributed by atoms with E-state index in [0.29, 0.717) is 25.0 Å². The molecule has 2 aliphatic rings. The van der Waals surface area contributed by atoms with E-state index in [1.807, 2.05) is 24.3 Å². The highest BCUT2D eigenvalue weighted by Crippen LogP contribution is 2.43. The Morgan fingerprint density at radius 3 is 2.46 bits per heavy atom. The van der Waals surface area contributed by atoms with Gasteiger partial charge in [-0.2, -0.15) is 0 Å². The van der Waals surface area contributed by atoms with E-state index in [1.165, 1.54) is 0 Å². The van der Waals surface area contributed by atoms with E-state index in [0.717, 1.165) is 43.4 Å². The first-order valence-corrected chi connectivity index (χ1v) is 10.7. The van der Waals surface area contributed by atoms with Crippen molar-refractivity contribution in [2.45, 2.75) is 77.5 Å². The summed E-state index contributed by atoms with van der Waals surface area (Å²) in [5.41, 5.74) is 1.16. The predicted molar refractivity (Wildman–Crippen MR) is 111 cm³/mol. The van der Waals surface area contributed by atoms with Crippen LogP contribution in [0.1, 0.15) is 58.4 Å². The third kappa shape index (κ3) is 5.37. The Bertz CT molecular complexity index is 622. The second-order valence-corrected chi connectivity index (χ2v) is 8.40. The maximum absolute atomic E-state index is 6.58. The Morgan fingerprint density at radius 1 is 1.07 bits per heavy atom. The van der Waals surface area contributed by atoms with Crippen LogP contribution in [-0.4, -0.2) is 31.7 Å². The van der Waals surface area contributed by atoms with Gasteiger partial charge in [-0.05, 0) is 55.7 Å². The summed E-state index contributed by atoms with van der Waals surface area (Å²) < 4.78 is 24.2. The Labute approximate surface area is 170 Å². The number of ether oxygens (including phenoxy) is 4. The van der Waals surface area contributed by atoms with Gasteiger partial charge in [0.25, 0.3) is 0 Å². The van der Waals surface area contributed by atoms with Crippen molar-refractivity contribution in [3.8, 4) is 5.75 Å². The molecule has 1 aromatic carbocycles. The van der Waals surface area contributed by atoms with E-state index in [1.54, 1.807) is 7.11 Å². The Balaban J connectivity index is 1.49. The largest absolute Gasteiger partial charge is 0.497 e. The highest BCUT2D eigenvalue weighted by Gasteiger charge is 2.45. The maximum Gasteiger partial charge on any atom is 0.169 e. The molecule has 156 valence electrons. The van der Waals surface area contributed by atoms with Crippen molar-refractivity contribution in [2.75, 3.05) is 13.7 Å². The van der Waals surface area contributed by atoms with Gasteiger partial charge < -0.3 is 18.9 Å². The fourth-order valence-corrected chi connectivity index (χ4v) is 4.26. The smallest absolute Gasteiger partial charge is 0.169 e. The van der Waals surface area contributed by atoms with Crippen molar-refractivity contribution in [3.05, 3.63) is 42.0 Å². The quantitative estimate of drug-likeness (QED) is 0.456. The van der Waals surface area contributed by atoms with Crippen molar-refractivity contribution < 1.29 is 18.9 Å². The minimum Gasteiger partial charge on any atom is -0.497 e. The lowest BCUT2D eigenvalue weighted by atomic mass is 9.84. The van der Waals surface area contributed by atoms with E-state index in [-0.39, 0.29) is 12.2 Å². The van der Waals surface area contributed by atoms with Crippen LogP contribution in [0.5, 0.6) is 5.75 Å². The van der Waals surface area contributed by atoms with Crippen molar-refractivity contribution in [1.29, 1.82) is 0 Å². The third-order valence-electron chi connectivity index (χ3n) is 6.23. The average molecular weight is 389 g/mol. The van der Waals surface area contributed by atoms with Gasteiger partial charge in [-0.15, -0.1) is 0 Å². The second kappa shape index (κ2) is 9.91. The molecule has 4 nitrogen and oxygen atoms in total. The lowest BCUT2D eigenvalue weighted by Crippen LogP contribution is -2.51. The van der Waals surface area contributed by atoms with Gasteiger partial charge in [0.1, 0.15) is 5.75 Å². The summed E-state index contributed by atoms with van der Waals surface area (Å²) in [4.78, 5) is 0. The number of hydrogen-bond acceptors (Lipinski definition) is 4. The van der Waals surface area contributed by atoms with E-state index in [4.69, 9.17) is 18.9 Å². The summed E-state index contributed by atoms with van der Waals surface area (Å²) in [5.74, 6) is 1.56. The highest BCUT2D eigenvalue weighted by molar-refractivity contribution is 5.26. The molecule has 1 aromatic rings. The van der Waals surface area contributed by atoms with Crippen LogP contribution in [-0.2, 0) is 20.8 Å². The number of rotatable bonds is 7. The molecular weight excluding hydrogens is 352 g/mol. The number of allylic oxidation sites excluding steroid dienone is 1. The standard InChI is InChI=1S/C24H36O4/c1-5-6-22-18(2)11-14-24(27-22)15-12-19(3)23(28-24)13-16-26-17-20-7-9-21(25-4)10-8-20/h5-10,18-19,22-23H,11-17H2,1-4H3/b6-5+/t18-,19-,22+,23+,24-/m0/s1. The first kappa shape index (κ1) is 21.4. The molecule has 2 aliphatic heterocycles. The highest BCUT2D eigenvalue weighted by atomic mass is 16.7. The zero-order valence-corrected chi connectivity index (χ0v) is 17.9. The molecule has 1 spiro atoms. The van der Waals surface area contributed by atoms with Crippen molar-refractivity contribution in [2.24, 2.45) is 11.8 Å². The van der Waals surface area contributed by atoms with Gasteiger partial charge in [-0.25, -0.2) is 0 Å². The first-order chi connectivity index (χ1) is 13.5. The average Bonchev–Trinajstić information content (AvgIpc) is 2.71. The topological polar surface area (TPSA) is 36.9 Å². The van der Waals surface area contributed by atoms with Crippen LogP contribution in [0.3, 0.4) is 0 Å². The van der Waals surface area contributed by atoms with Gasteiger partial charge in [-0.3, -0.25) is 0 Å². The lowest BCUT2D eigenvalue weighted by molar-refractivity contribution is -0.325. The summed E-state index contributed by atoms with van der Waals surface area (Å²) in [5, 5.41) is 0. The minimum absolute atomic E-state index is 0.166. The predicted octanol–water partition coefficient (Wildman–Crippen LogP) is 5.50. The van der Waals surface area contributed by atoms with Gasteiger partial charge in [0.15, 0.2) is 5.79 Å². The molecule has 0 bridgehead atoms. The molecule has 0 saturated carbocycles. The summed E-state index contributed by atoms with van der Waals surface area (Å²) in [6.07, 6.45) is 9.85. The van der Waals surface area contributed by atoms with Crippen LogP contribution in [0.25, 0.3) is 0 Å². The normalized spacial score (nSPS) is 33.4. The molecule has 0 radical (unpaired) electrons. The third-order valence-corrected chi connectivity index (χ3v) is 6.23. The number of benzene rings is 1. The molecule has 0 unspecified atom stereocenters. The van der Waals surface area contributed by atoms with Gasteiger partial charge in [0.05, 0.1) is 25.9 Å². The minimum atomic E-state index is -0.399. The van der Waals surface area contributed by atoms with Crippen LogP contribution >= 0.6 is 0 Å². The van der Waals surface area contributed by atoms with E-state index in [9.17, 15) is 0 Å². The molecule has 0 aromatic heterocycles. The molecule has 3 rings (SSSR count). The Kier molecular flexibility index (Phi) is 7.55. The van der Waals surface area contributed by atoms with Crippen LogP contribution in [0.4, 0.5) is 0 Å². The molecule has 2 saturated heterocycles. The Morgan fingerprint density at radius 2 is 1.79 bits per heavy atom. The second-order valence-electron chi connectivity index (χ2n) is 8.40. The summed E-state index contributed by atoms with van der Waals surface area (Å²) in [7, 11) is 1.68. The molecule has 28 heavy (non-hydrogen) atoms. The molecule has 0 aliphatic carbocycles. The van der Waals surface area contributed by atoms with Crippen molar-refractivity contribution in [1.82, 2.24) is 0 Å². The molecule has 0 amide bonds. The van der Waals surface area contributed by atoms with Crippen LogP contribution < -0.4 is 4.74 Å². The first-order valence-electron chi connectivity index (χ1n) is 10.7. The number of methoxy groups -OCH3 is 1. The van der Waals surface area contributed by atoms with E-state index < -0.39 is 5.79 Å². The zero-order valence-electron chi connectivity index (χ0n) is 17.9. The Hall–Kier alpha value is -1.36. The fraction of sp³-hybridized carbons (Fsp3) is 0.667. The van der Waals surface area contributed by atoms with E-state index in [2.05, 4.69) is 32.9 Å². The fourth-order valence-electron chi connectivity index (χ4n) is 4.26. The molecular formula is C24H36O4.